The van der Waals surface area contributed by atoms with Crippen LogP contribution >= 0.6 is 15.6 Å². The van der Waals surface area contributed by atoms with Crippen LogP contribution in [0.5, 0.6) is 0 Å². The van der Waals surface area contributed by atoms with Crippen molar-refractivity contribution in [2.45, 2.75) is 369 Å². The molecular weight excluding hydrogens is 1170 g/mol. The summed E-state index contributed by atoms with van der Waals surface area (Å²) in [5.74, 6) is 0.218. The standard InChI is InChI=1S/C70H136O17P2/c1-8-11-12-13-27-37-44-51-67(72)80-57-65(87-70(75)54-47-40-33-26-24-30-36-43-50-63(7)10-3)59-84-88(76,77)82-55-64(71)56-83-89(78,79)85-60-66(58-81-68(73)52-45-38-31-25-23-29-35-42-49-62(6)9-2)86-69(74)53-46-39-32-22-20-18-16-14-15-17-19-21-28-34-41-48-61(4)5/h61-66,71H,8-60H2,1-7H3,(H,76,77)(H,78,79)/t62?,63?,64-,65+,66+/m0/s1. The molecule has 0 aromatic rings. The smallest absolute Gasteiger partial charge is 0.462 e. The first-order valence-corrected chi connectivity index (χ1v) is 39.4. The molecule has 0 bridgehead atoms. The Bertz CT molecular complexity index is 1750. The van der Waals surface area contributed by atoms with E-state index in [9.17, 15) is 43.2 Å². The Morgan fingerprint density at radius 1 is 0.326 bits per heavy atom. The molecule has 0 aliphatic carbocycles. The van der Waals surface area contributed by atoms with Gasteiger partial charge in [-0.1, -0.05) is 299 Å². The highest BCUT2D eigenvalue weighted by atomic mass is 31.2. The highest BCUT2D eigenvalue weighted by molar-refractivity contribution is 7.47. The van der Waals surface area contributed by atoms with Gasteiger partial charge in [-0.05, 0) is 43.4 Å². The number of carbonyl (C=O) groups is 4. The van der Waals surface area contributed by atoms with E-state index in [1.165, 1.54) is 148 Å². The van der Waals surface area contributed by atoms with Gasteiger partial charge in [0, 0.05) is 25.7 Å². The molecule has 0 aromatic heterocycles. The van der Waals surface area contributed by atoms with E-state index in [0.29, 0.717) is 25.7 Å². The number of ether oxygens (including phenoxy) is 4. The number of aliphatic hydroxyl groups excluding tert-OH is 1. The summed E-state index contributed by atoms with van der Waals surface area (Å²) in [7, 11) is -9.90. The van der Waals surface area contributed by atoms with Gasteiger partial charge in [0.05, 0.1) is 26.4 Å². The third-order valence-electron chi connectivity index (χ3n) is 16.9. The van der Waals surface area contributed by atoms with Crippen LogP contribution in [-0.2, 0) is 65.4 Å². The Hall–Kier alpha value is -1.94. The molecule has 0 spiro atoms. The van der Waals surface area contributed by atoms with Crippen molar-refractivity contribution in [1.82, 2.24) is 0 Å². The average molecular weight is 1310 g/mol. The van der Waals surface area contributed by atoms with E-state index in [-0.39, 0.29) is 25.7 Å². The fourth-order valence-corrected chi connectivity index (χ4v) is 12.1. The minimum absolute atomic E-state index is 0.104. The third kappa shape index (κ3) is 62.0. The lowest BCUT2D eigenvalue weighted by Crippen LogP contribution is -2.30. The number of phosphoric ester groups is 2. The predicted molar refractivity (Wildman–Crippen MR) is 358 cm³/mol. The Morgan fingerprint density at radius 3 is 0.854 bits per heavy atom. The summed E-state index contributed by atoms with van der Waals surface area (Å²) < 4.78 is 68.2. The summed E-state index contributed by atoms with van der Waals surface area (Å²) >= 11 is 0. The van der Waals surface area contributed by atoms with Crippen LogP contribution in [0.25, 0.3) is 0 Å². The van der Waals surface area contributed by atoms with Gasteiger partial charge in [0.25, 0.3) is 0 Å². The number of esters is 4. The van der Waals surface area contributed by atoms with Crippen molar-refractivity contribution in [3.63, 3.8) is 0 Å². The molecule has 0 aliphatic heterocycles. The molecule has 0 rings (SSSR count). The maximum Gasteiger partial charge on any atom is 0.472 e. The topological polar surface area (TPSA) is 237 Å². The normalized spacial score (nSPS) is 14.8. The second-order valence-electron chi connectivity index (χ2n) is 26.2. The van der Waals surface area contributed by atoms with E-state index in [0.717, 1.165) is 120 Å². The molecule has 0 fully saturated rings. The molecule has 0 aliphatic rings. The van der Waals surface area contributed by atoms with Crippen LogP contribution < -0.4 is 0 Å². The SMILES string of the molecule is CCCCCCCCCC(=O)OC[C@H](COP(=O)(O)OC[C@H](O)COP(=O)(O)OC[C@@H](COC(=O)CCCCCCCCCCC(C)CC)OC(=O)CCCCCCCCCCCCCCCCCC(C)C)OC(=O)CCCCCCCCCCC(C)CC. The van der Waals surface area contributed by atoms with Gasteiger partial charge in [-0.25, -0.2) is 9.13 Å². The first kappa shape index (κ1) is 87.1. The Balaban J connectivity index is 5.20. The van der Waals surface area contributed by atoms with Crippen LogP contribution in [0.2, 0.25) is 0 Å². The fourth-order valence-electron chi connectivity index (χ4n) is 10.5. The Labute approximate surface area is 543 Å². The van der Waals surface area contributed by atoms with Gasteiger partial charge in [0.15, 0.2) is 12.2 Å². The van der Waals surface area contributed by atoms with Gasteiger partial charge >= 0.3 is 39.5 Å². The lowest BCUT2D eigenvalue weighted by molar-refractivity contribution is -0.161. The molecule has 4 unspecified atom stereocenters. The van der Waals surface area contributed by atoms with Crippen molar-refractivity contribution in [3.05, 3.63) is 0 Å². The zero-order valence-electron chi connectivity index (χ0n) is 57.9. The minimum atomic E-state index is -4.95. The third-order valence-corrected chi connectivity index (χ3v) is 18.8. The van der Waals surface area contributed by atoms with Crippen molar-refractivity contribution in [2.24, 2.45) is 17.8 Å². The van der Waals surface area contributed by atoms with E-state index < -0.39 is 97.5 Å². The number of carbonyl (C=O) groups excluding carboxylic acids is 4. The number of hydrogen-bond donors (Lipinski definition) is 3. The molecule has 0 saturated heterocycles. The largest absolute Gasteiger partial charge is 0.472 e. The van der Waals surface area contributed by atoms with Gasteiger partial charge in [0.1, 0.15) is 19.3 Å². The Morgan fingerprint density at radius 2 is 0.573 bits per heavy atom. The number of phosphoric acid groups is 2. The van der Waals surface area contributed by atoms with Crippen molar-refractivity contribution < 1.29 is 80.2 Å². The highest BCUT2D eigenvalue weighted by Crippen LogP contribution is 2.45. The second-order valence-corrected chi connectivity index (χ2v) is 29.1. The van der Waals surface area contributed by atoms with Gasteiger partial charge < -0.3 is 33.8 Å². The summed E-state index contributed by atoms with van der Waals surface area (Å²) in [4.78, 5) is 72.4. The van der Waals surface area contributed by atoms with Crippen LogP contribution in [0.15, 0.2) is 0 Å². The molecular formula is C70H136O17P2. The average Bonchev–Trinajstić information content (AvgIpc) is 3.71. The molecule has 19 heteroatoms. The molecule has 0 aromatic carbocycles. The van der Waals surface area contributed by atoms with Crippen molar-refractivity contribution in [1.29, 1.82) is 0 Å². The minimum Gasteiger partial charge on any atom is -0.462 e. The maximum absolute atomic E-state index is 13.0. The van der Waals surface area contributed by atoms with E-state index in [4.69, 9.17) is 37.0 Å². The van der Waals surface area contributed by atoms with Crippen LogP contribution in [-0.4, -0.2) is 96.7 Å². The molecule has 0 radical (unpaired) electrons. The summed E-state index contributed by atoms with van der Waals surface area (Å²) in [6.07, 6.45) is 44.5. The first-order chi connectivity index (χ1) is 42.8. The van der Waals surface area contributed by atoms with Crippen LogP contribution in [0.1, 0.15) is 350 Å². The summed E-state index contributed by atoms with van der Waals surface area (Å²) in [6.45, 7) is 11.8. The summed E-state index contributed by atoms with van der Waals surface area (Å²) in [6, 6.07) is 0. The van der Waals surface area contributed by atoms with Gasteiger partial charge in [0.2, 0.25) is 0 Å². The van der Waals surface area contributed by atoms with Gasteiger partial charge in [-0.3, -0.25) is 37.3 Å². The van der Waals surface area contributed by atoms with Gasteiger partial charge in [-0.2, -0.15) is 0 Å². The van der Waals surface area contributed by atoms with Crippen LogP contribution in [0.4, 0.5) is 0 Å². The van der Waals surface area contributed by atoms with E-state index >= 15 is 0 Å². The number of unbranched alkanes of at least 4 members (excludes halogenated alkanes) is 34. The monoisotopic (exact) mass is 1310 g/mol. The first-order valence-electron chi connectivity index (χ1n) is 36.4. The highest BCUT2D eigenvalue weighted by Gasteiger charge is 2.30. The molecule has 3 N–H and O–H groups in total. The van der Waals surface area contributed by atoms with Crippen molar-refractivity contribution in [2.75, 3.05) is 39.6 Å². The van der Waals surface area contributed by atoms with Crippen LogP contribution in [0, 0.1) is 17.8 Å². The van der Waals surface area contributed by atoms with Gasteiger partial charge in [-0.15, -0.1) is 0 Å². The number of aliphatic hydroxyl groups is 1. The lowest BCUT2D eigenvalue weighted by atomic mass is 9.99. The van der Waals surface area contributed by atoms with E-state index in [2.05, 4.69) is 48.5 Å². The molecule has 528 valence electrons. The van der Waals surface area contributed by atoms with Crippen molar-refractivity contribution in [3.8, 4) is 0 Å². The quantitative estimate of drug-likeness (QED) is 0.0222. The lowest BCUT2D eigenvalue weighted by Gasteiger charge is -2.21. The molecule has 89 heavy (non-hydrogen) atoms. The molecule has 17 nitrogen and oxygen atoms in total. The second kappa shape index (κ2) is 61.0. The maximum atomic E-state index is 13.0. The van der Waals surface area contributed by atoms with Crippen molar-refractivity contribution >= 4 is 39.5 Å². The predicted octanol–water partition coefficient (Wildman–Crippen LogP) is 19.8. The Kier molecular flexibility index (Phi) is 59.6. The number of hydrogen-bond acceptors (Lipinski definition) is 15. The molecule has 0 saturated carbocycles. The molecule has 0 heterocycles. The van der Waals surface area contributed by atoms with E-state index in [1.807, 2.05) is 0 Å². The zero-order chi connectivity index (χ0) is 65.9. The molecule has 0 amide bonds. The summed E-state index contributed by atoms with van der Waals surface area (Å²) in [5, 5.41) is 10.6. The van der Waals surface area contributed by atoms with E-state index in [1.54, 1.807) is 0 Å². The zero-order valence-corrected chi connectivity index (χ0v) is 59.7. The van der Waals surface area contributed by atoms with Crippen LogP contribution in [0.3, 0.4) is 0 Å². The summed E-state index contributed by atoms with van der Waals surface area (Å²) in [5.41, 5.74) is 0. The number of rotatable bonds is 68. The fraction of sp³-hybridized carbons (Fsp3) is 0.943. The molecule has 7 atom stereocenters.